The van der Waals surface area contributed by atoms with Crippen molar-refractivity contribution in [3.8, 4) is 0 Å². The molecule has 1 atom stereocenters. The number of carboxylic acids is 2. The van der Waals surface area contributed by atoms with Gasteiger partial charge in [-0.05, 0) is 38.0 Å². The average molecular weight is 375 g/mol. The molecule has 0 aromatic heterocycles. The monoisotopic (exact) mass is 374 g/mol. The second-order valence-corrected chi connectivity index (χ2v) is 6.23. The van der Waals surface area contributed by atoms with Crippen LogP contribution in [0.3, 0.4) is 0 Å². The van der Waals surface area contributed by atoms with Crippen molar-refractivity contribution in [1.29, 1.82) is 0 Å². The van der Waals surface area contributed by atoms with E-state index in [0.717, 1.165) is 6.92 Å². The molecule has 8 heteroatoms. The van der Waals surface area contributed by atoms with Crippen molar-refractivity contribution in [2.24, 2.45) is 5.41 Å². The van der Waals surface area contributed by atoms with Gasteiger partial charge >= 0.3 is 11.9 Å². The van der Waals surface area contributed by atoms with Crippen LogP contribution in [0.2, 0.25) is 10.0 Å². The van der Waals surface area contributed by atoms with E-state index in [1.807, 2.05) is 0 Å². The molecular weight excluding hydrogens is 359 g/mol. The van der Waals surface area contributed by atoms with Crippen LogP contribution in [-0.4, -0.2) is 33.7 Å². The number of hydrogen-bond acceptors (Lipinski definition) is 4. The number of carbonyl (C=O) groups is 4. The quantitative estimate of drug-likeness (QED) is 0.389. The molecular formula is C16H16Cl2O6. The highest BCUT2D eigenvalue weighted by Crippen LogP contribution is 2.33. The maximum atomic E-state index is 12.7. The van der Waals surface area contributed by atoms with Crippen LogP contribution in [0.5, 0.6) is 0 Å². The lowest BCUT2D eigenvalue weighted by molar-refractivity contribution is -0.151. The molecule has 0 amide bonds. The smallest absolute Gasteiger partial charge is 0.325 e. The number of rotatable bonds is 9. The molecule has 0 saturated carbocycles. The van der Waals surface area contributed by atoms with Crippen molar-refractivity contribution in [3.63, 3.8) is 0 Å². The Bertz CT molecular complexity index is 649. The number of carbonyl (C=O) groups excluding carboxylic acids is 2. The fraction of sp³-hybridized carbons (Fsp3) is 0.375. The van der Waals surface area contributed by atoms with Gasteiger partial charge in [-0.1, -0.05) is 29.6 Å². The van der Waals surface area contributed by atoms with E-state index in [1.165, 1.54) is 18.2 Å². The van der Waals surface area contributed by atoms with Crippen molar-refractivity contribution >= 4 is 46.7 Å². The molecule has 2 N–H and O–H groups in total. The third kappa shape index (κ3) is 4.55. The number of halogens is 2. The molecule has 0 radical (unpaired) electrons. The number of benzene rings is 1. The summed E-state index contributed by atoms with van der Waals surface area (Å²) in [5.74, 6) is -4.35. The first-order valence-electron chi connectivity index (χ1n) is 7.08. The van der Waals surface area contributed by atoms with Crippen molar-refractivity contribution in [2.75, 3.05) is 0 Å². The summed E-state index contributed by atoms with van der Waals surface area (Å²) in [5, 5.41) is 18.5. The van der Waals surface area contributed by atoms with Crippen LogP contribution in [0.15, 0.2) is 18.2 Å². The molecule has 0 aliphatic heterocycles. The Balaban J connectivity index is 3.21. The third-order valence-electron chi connectivity index (χ3n) is 3.67. The van der Waals surface area contributed by atoms with Crippen LogP contribution < -0.4 is 0 Å². The summed E-state index contributed by atoms with van der Waals surface area (Å²) >= 11 is 11.7. The number of aliphatic carboxylic acids is 2. The van der Waals surface area contributed by atoms with E-state index in [4.69, 9.17) is 28.3 Å². The van der Waals surface area contributed by atoms with Crippen LogP contribution >= 0.6 is 23.2 Å². The van der Waals surface area contributed by atoms with Crippen LogP contribution in [-0.2, 0) is 14.4 Å². The first kappa shape index (κ1) is 20.1. The molecule has 1 aromatic carbocycles. The van der Waals surface area contributed by atoms with Crippen LogP contribution in [0.25, 0.3) is 0 Å². The lowest BCUT2D eigenvalue weighted by Crippen LogP contribution is -2.45. The number of ketones is 2. The summed E-state index contributed by atoms with van der Waals surface area (Å²) in [6.07, 6.45) is -0.224. The Morgan fingerprint density at radius 3 is 1.96 bits per heavy atom. The summed E-state index contributed by atoms with van der Waals surface area (Å²) in [6.45, 7) is 1.02. The van der Waals surface area contributed by atoms with E-state index in [9.17, 15) is 24.3 Å². The molecule has 0 fully saturated rings. The molecule has 0 spiro atoms. The predicted octanol–water partition coefficient (Wildman–Crippen LogP) is 3.48. The summed E-state index contributed by atoms with van der Waals surface area (Å²) in [7, 11) is 0. The van der Waals surface area contributed by atoms with Gasteiger partial charge < -0.3 is 10.2 Å². The molecule has 0 saturated heterocycles. The summed E-state index contributed by atoms with van der Waals surface area (Å²) in [5.41, 5.74) is -2.37. The zero-order chi connectivity index (χ0) is 18.5. The number of Topliss-reactive ketones (excluding diaryl/α,β-unsaturated/α-hetero) is 2. The molecule has 0 aliphatic rings. The molecule has 0 aliphatic carbocycles. The number of unbranched alkanes of at least 4 members (excludes halogenated alkanes) is 1. The Morgan fingerprint density at radius 1 is 1.00 bits per heavy atom. The van der Waals surface area contributed by atoms with Gasteiger partial charge in [0.2, 0.25) is 0 Å². The zero-order valence-electron chi connectivity index (χ0n) is 12.8. The van der Waals surface area contributed by atoms with Gasteiger partial charge in [-0.15, -0.1) is 0 Å². The van der Waals surface area contributed by atoms with Gasteiger partial charge in [0.25, 0.3) is 0 Å². The van der Waals surface area contributed by atoms with E-state index in [2.05, 4.69) is 0 Å². The highest BCUT2D eigenvalue weighted by atomic mass is 35.5. The minimum Gasteiger partial charge on any atom is -0.481 e. The van der Waals surface area contributed by atoms with E-state index < -0.39 is 28.9 Å². The molecule has 1 rings (SSSR count). The third-order valence-corrected chi connectivity index (χ3v) is 4.11. The molecule has 6 nitrogen and oxygen atoms in total. The standard InChI is InChI=1S/C16H16Cl2O6/c1-9(19)16(15(23)24,5-3-2-4-13(20)21)14(22)10-6-11(17)8-12(18)7-10/h6-8H,2-5H2,1H3,(H,20,21)(H,23,24). The van der Waals surface area contributed by atoms with E-state index in [-0.39, 0.29) is 41.3 Å². The summed E-state index contributed by atoms with van der Waals surface area (Å²) in [6, 6.07) is 3.87. The van der Waals surface area contributed by atoms with Crippen molar-refractivity contribution < 1.29 is 29.4 Å². The Morgan fingerprint density at radius 2 is 1.54 bits per heavy atom. The summed E-state index contributed by atoms with van der Waals surface area (Å²) in [4.78, 5) is 47.1. The lowest BCUT2D eigenvalue weighted by Gasteiger charge is -2.25. The fourth-order valence-electron chi connectivity index (χ4n) is 2.40. The normalized spacial score (nSPS) is 13.1. The Hall–Kier alpha value is -1.92. The van der Waals surface area contributed by atoms with Gasteiger partial charge in [0.15, 0.2) is 17.0 Å². The SMILES string of the molecule is CC(=O)C(CCCCC(=O)O)(C(=O)O)C(=O)c1cc(Cl)cc(Cl)c1. The second kappa shape index (κ2) is 8.26. The molecule has 24 heavy (non-hydrogen) atoms. The zero-order valence-corrected chi connectivity index (χ0v) is 14.4. The van der Waals surface area contributed by atoms with Gasteiger partial charge in [0, 0.05) is 22.0 Å². The molecule has 130 valence electrons. The summed E-state index contributed by atoms with van der Waals surface area (Å²) < 4.78 is 0. The predicted molar refractivity (Wildman–Crippen MR) is 87.6 cm³/mol. The Labute approximate surface area is 148 Å². The maximum Gasteiger partial charge on any atom is 0.325 e. The van der Waals surface area contributed by atoms with Crippen molar-refractivity contribution in [3.05, 3.63) is 33.8 Å². The van der Waals surface area contributed by atoms with Crippen LogP contribution in [0.4, 0.5) is 0 Å². The molecule has 1 unspecified atom stereocenters. The molecule has 0 heterocycles. The van der Waals surface area contributed by atoms with Gasteiger partial charge in [-0.2, -0.15) is 0 Å². The topological polar surface area (TPSA) is 109 Å². The van der Waals surface area contributed by atoms with E-state index >= 15 is 0 Å². The lowest BCUT2D eigenvalue weighted by atomic mass is 9.73. The highest BCUT2D eigenvalue weighted by Gasteiger charge is 2.50. The van der Waals surface area contributed by atoms with Crippen LogP contribution in [0.1, 0.15) is 43.0 Å². The van der Waals surface area contributed by atoms with E-state index in [0.29, 0.717) is 0 Å². The van der Waals surface area contributed by atoms with Gasteiger partial charge in [-0.3, -0.25) is 19.2 Å². The number of carboxylic acid groups (broad SMARTS) is 2. The highest BCUT2D eigenvalue weighted by molar-refractivity contribution is 6.36. The van der Waals surface area contributed by atoms with Gasteiger partial charge in [-0.25, -0.2) is 0 Å². The van der Waals surface area contributed by atoms with Crippen molar-refractivity contribution in [2.45, 2.75) is 32.6 Å². The fourth-order valence-corrected chi connectivity index (χ4v) is 2.93. The van der Waals surface area contributed by atoms with Gasteiger partial charge in [0.1, 0.15) is 0 Å². The van der Waals surface area contributed by atoms with Crippen molar-refractivity contribution in [1.82, 2.24) is 0 Å². The minimum atomic E-state index is -2.29. The van der Waals surface area contributed by atoms with Crippen LogP contribution in [0, 0.1) is 5.41 Å². The molecule has 0 bridgehead atoms. The van der Waals surface area contributed by atoms with E-state index in [1.54, 1.807) is 0 Å². The largest absolute Gasteiger partial charge is 0.481 e. The Kier molecular flexibility index (Phi) is 6.93. The first-order chi connectivity index (χ1) is 11.1. The second-order valence-electron chi connectivity index (χ2n) is 5.35. The minimum absolute atomic E-state index is 0.0802. The first-order valence-corrected chi connectivity index (χ1v) is 7.84. The number of hydrogen-bond donors (Lipinski definition) is 2. The van der Waals surface area contributed by atoms with Gasteiger partial charge in [0.05, 0.1) is 0 Å². The molecule has 1 aromatic rings. The average Bonchev–Trinajstić information content (AvgIpc) is 2.44. The maximum absolute atomic E-state index is 12.7.